The lowest BCUT2D eigenvalue weighted by Gasteiger charge is -2.24. The van der Waals surface area contributed by atoms with E-state index in [1.807, 2.05) is 5.32 Å². The van der Waals surface area contributed by atoms with Crippen molar-refractivity contribution in [1.82, 2.24) is 16.8 Å². The van der Waals surface area contributed by atoms with Gasteiger partial charge in [-0.25, -0.2) is 4.79 Å². The van der Waals surface area contributed by atoms with Crippen molar-refractivity contribution >= 4 is 37.4 Å². The van der Waals surface area contributed by atoms with Crippen molar-refractivity contribution in [2.24, 2.45) is 0 Å². The molecule has 0 unspecified atom stereocenters. The predicted molar refractivity (Wildman–Crippen MR) is 92.3 cm³/mol. The first-order valence-corrected chi connectivity index (χ1v) is 12.5. The van der Waals surface area contributed by atoms with Crippen molar-refractivity contribution in [2.75, 3.05) is 44.4 Å². The summed E-state index contributed by atoms with van der Waals surface area (Å²) >= 11 is 0. The van der Waals surface area contributed by atoms with E-state index in [1.165, 1.54) is 0 Å². The van der Waals surface area contributed by atoms with Crippen LogP contribution >= 0.6 is 25.5 Å². The van der Waals surface area contributed by atoms with Gasteiger partial charge in [-0.2, -0.15) is 0 Å². The Balaban J connectivity index is -0.000000392. The van der Waals surface area contributed by atoms with Gasteiger partial charge in [0.2, 0.25) is 0 Å². The summed E-state index contributed by atoms with van der Waals surface area (Å²) in [5.41, 5.74) is 0. The minimum Gasteiger partial charge on any atom is -0.549 e. The molecule has 0 aliphatic heterocycles. The Morgan fingerprint density at radius 3 is 1.60 bits per heavy atom. The van der Waals surface area contributed by atoms with Crippen LogP contribution in [0, 0.1) is 0 Å². The summed E-state index contributed by atoms with van der Waals surface area (Å²) in [6, 6.07) is 0. The fourth-order valence-corrected chi connectivity index (χ4v) is 2.34. The van der Waals surface area contributed by atoms with E-state index in [4.69, 9.17) is 23.8 Å². The van der Waals surface area contributed by atoms with Gasteiger partial charge in [0.25, 0.3) is 0 Å². The zero-order valence-corrected chi connectivity index (χ0v) is 17.0. The highest BCUT2D eigenvalue weighted by Gasteiger charge is 2.15. The molecule has 0 rings (SSSR count). The molecule has 10 N–H and O–H groups in total. The maximum Gasteiger partial charge on any atom is 0.339 e. The van der Waals surface area contributed by atoms with E-state index >= 15 is 0 Å². The van der Waals surface area contributed by atoms with E-state index in [-0.39, 0.29) is 12.7 Å². The monoisotopic (exact) mass is 431 g/mol. The molecule has 0 saturated heterocycles. The topological polar surface area (TPSA) is 242 Å². The quantitative estimate of drug-likeness (QED) is 0.191. The molecule has 0 fully saturated rings. The Morgan fingerprint density at radius 1 is 0.960 bits per heavy atom. The number of hydrogen-bond donors (Lipinski definition) is 7. The maximum absolute atomic E-state index is 11.0. The summed E-state index contributed by atoms with van der Waals surface area (Å²) in [6.07, 6.45) is 4.25. The smallest absolute Gasteiger partial charge is 0.339 e. The van der Waals surface area contributed by atoms with E-state index < -0.39 is 56.6 Å². The van der Waals surface area contributed by atoms with E-state index in [9.17, 15) is 23.8 Å². The molecule has 0 spiro atoms. The van der Waals surface area contributed by atoms with Gasteiger partial charge in [-0.3, -0.25) is 14.4 Å². The highest BCUT2D eigenvalue weighted by molar-refractivity contribution is 8.28. The van der Waals surface area contributed by atoms with Gasteiger partial charge < -0.3 is 45.1 Å². The zero-order valence-electron chi connectivity index (χ0n) is 14.4. The van der Waals surface area contributed by atoms with E-state index in [0.717, 1.165) is 0 Å². The number of carboxylic acids is 1. The number of hydrogen-bond acceptors (Lipinski definition) is 8. The van der Waals surface area contributed by atoms with Crippen molar-refractivity contribution in [2.45, 2.75) is 0 Å². The van der Waals surface area contributed by atoms with Crippen molar-refractivity contribution < 1.29 is 47.6 Å². The average Bonchev–Trinajstić information content (AvgIpc) is 2.22. The second-order valence-corrected chi connectivity index (χ2v) is 12.0. The first-order valence-electron chi connectivity index (χ1n) is 6.13. The molecule has 0 atom stereocenters. The van der Waals surface area contributed by atoms with Crippen LogP contribution in [0.1, 0.15) is 0 Å². The molecule has 25 heavy (non-hydrogen) atoms. The molecule has 0 heterocycles. The summed E-state index contributed by atoms with van der Waals surface area (Å²) in [5, 5.41) is 14.0. The van der Waals surface area contributed by atoms with Crippen molar-refractivity contribution in [3.8, 4) is 0 Å². The minimum absolute atomic E-state index is 0. The zero-order chi connectivity index (χ0) is 19.6. The highest BCUT2D eigenvalue weighted by Crippen LogP contribution is 2.36. The molecule has 0 aromatic rings. The number of quaternary nitrogens is 1. The molecule has 0 aliphatic rings. The Kier molecular flexibility index (Phi) is 14.9. The number of carbonyl (C=O) groups is 2. The summed E-state index contributed by atoms with van der Waals surface area (Å²) in [7, 11) is -9.58. The first kappa shape index (κ1) is 29.2. The van der Waals surface area contributed by atoms with Crippen molar-refractivity contribution in [3.05, 3.63) is 0 Å². The lowest BCUT2D eigenvalue weighted by atomic mass is 10.7. The molecule has 0 bridgehead atoms. The Bertz CT molecular complexity index is 500. The van der Waals surface area contributed by atoms with Gasteiger partial charge in [-0.1, -0.05) is 10.3 Å². The molecular formula is C9H27N3O10P2S. The van der Waals surface area contributed by atoms with Crippen LogP contribution in [0.3, 0.4) is 0 Å². The summed E-state index contributed by atoms with van der Waals surface area (Å²) < 4.78 is 25.4. The maximum atomic E-state index is 11.0. The average molecular weight is 431 g/mol. The summed E-state index contributed by atoms with van der Waals surface area (Å²) in [6.45, 7) is -0.736. The molecule has 13 nitrogen and oxygen atoms in total. The highest BCUT2D eigenvalue weighted by atomic mass is 32.3. The van der Waals surface area contributed by atoms with Crippen LogP contribution in [0.25, 0.3) is 0 Å². The van der Waals surface area contributed by atoms with Crippen LogP contribution in [-0.4, -0.2) is 75.9 Å². The fraction of sp³-hybridized carbons (Fsp3) is 0.778. The molecule has 0 saturated carbocycles. The minimum atomic E-state index is -4.12. The number of aliphatic carboxylic acids is 1. The summed E-state index contributed by atoms with van der Waals surface area (Å²) in [4.78, 5) is 53.9. The van der Waals surface area contributed by atoms with Gasteiger partial charge in [0, 0.05) is 6.54 Å². The number of carbonyl (C=O) groups excluding carboxylic acids is 2. The Morgan fingerprint density at radius 2 is 1.32 bits per heavy atom. The second kappa shape index (κ2) is 12.8. The summed E-state index contributed by atoms with van der Waals surface area (Å²) in [5.74, 6) is -1.89. The van der Waals surface area contributed by atoms with Crippen molar-refractivity contribution in [1.29, 1.82) is 0 Å². The standard InChI is InChI=1S/C6H16NO5PS.C3H8NO5P.H3N/c1-14(2,3)12-6(8)4-7-5-13(9,10)11;5-3(6)1-4-2-10(7,8)9;/h7H,4-5H2,1-3H3,(H2,9,10,11);4H,1-2H2,(H,5,6)(H2,7,8,9);1H3. The van der Waals surface area contributed by atoms with Crippen LogP contribution in [0.15, 0.2) is 0 Å². The molecule has 0 aromatic carbocycles. The molecule has 0 radical (unpaired) electrons. The molecular weight excluding hydrogens is 404 g/mol. The van der Waals surface area contributed by atoms with Gasteiger partial charge in [-0.15, -0.1) is 0 Å². The van der Waals surface area contributed by atoms with Crippen LogP contribution in [-0.2, 0) is 22.9 Å². The Hall–Kier alpha value is -0.530. The van der Waals surface area contributed by atoms with Crippen LogP contribution in [0.2, 0.25) is 0 Å². The largest absolute Gasteiger partial charge is 0.549 e. The third-order valence-electron chi connectivity index (χ3n) is 1.52. The lowest BCUT2D eigenvalue weighted by molar-refractivity contribution is -0.304. The third kappa shape index (κ3) is 31.7. The van der Waals surface area contributed by atoms with E-state index in [1.54, 1.807) is 18.8 Å². The van der Waals surface area contributed by atoms with Gasteiger partial charge >= 0.3 is 21.2 Å². The van der Waals surface area contributed by atoms with Crippen LogP contribution < -0.4 is 21.9 Å². The molecule has 0 aromatic heterocycles. The van der Waals surface area contributed by atoms with E-state index in [2.05, 4.69) is 5.32 Å². The number of nitrogens with one attached hydrogen (secondary N) is 2. The fourth-order valence-electron chi connectivity index (χ4n) is 0.916. The number of rotatable bonds is 9. The normalized spacial score (nSPS) is 12.3. The first-order chi connectivity index (χ1) is 10.5. The Labute approximate surface area is 147 Å². The van der Waals surface area contributed by atoms with Crippen LogP contribution in [0.4, 0.5) is 0 Å². The van der Waals surface area contributed by atoms with Gasteiger partial charge in [0.05, 0.1) is 25.1 Å². The van der Waals surface area contributed by atoms with Gasteiger partial charge in [0.15, 0.2) is 0 Å². The molecule has 154 valence electrons. The number of carboxylic acid groups (broad SMARTS) is 1. The molecule has 0 aliphatic carbocycles. The molecule has 0 amide bonds. The predicted octanol–water partition coefficient (Wildman–Crippen LogP) is -2.30. The third-order valence-corrected chi connectivity index (χ3v) is 3.47. The van der Waals surface area contributed by atoms with Gasteiger partial charge in [-0.05, 0) is 18.8 Å². The SMILES string of the molecule is CS(C)(C)OC(=O)CNCP(=O)(O)O.O=C([O-])CNCP(=O)(O)O.[NH4+]. The van der Waals surface area contributed by atoms with E-state index in [0.29, 0.717) is 0 Å². The lowest BCUT2D eigenvalue weighted by Crippen LogP contribution is -2.34. The van der Waals surface area contributed by atoms with Gasteiger partial charge in [0.1, 0.15) is 0 Å². The second-order valence-electron chi connectivity index (χ2n) is 5.05. The van der Waals surface area contributed by atoms with Crippen molar-refractivity contribution in [3.63, 3.8) is 0 Å². The molecule has 16 heteroatoms. The van der Waals surface area contributed by atoms with Crippen LogP contribution in [0.5, 0.6) is 0 Å².